The summed E-state index contributed by atoms with van der Waals surface area (Å²) in [5.74, 6) is 2.23. The molecule has 0 unspecified atom stereocenters. The molecule has 0 radical (unpaired) electrons. The Morgan fingerprint density at radius 1 is 1.12 bits per heavy atom. The predicted molar refractivity (Wildman–Crippen MR) is 130 cm³/mol. The van der Waals surface area contributed by atoms with Gasteiger partial charge in [-0.3, -0.25) is 9.36 Å². The lowest BCUT2D eigenvalue weighted by molar-refractivity contribution is 0.173. The number of benzene rings is 1. The number of rotatable bonds is 5. The van der Waals surface area contributed by atoms with Crippen molar-refractivity contribution in [1.29, 1.82) is 0 Å². The van der Waals surface area contributed by atoms with Gasteiger partial charge in [0.15, 0.2) is 5.16 Å². The molecule has 4 rings (SSSR count). The van der Waals surface area contributed by atoms with E-state index in [-0.39, 0.29) is 22.8 Å². The molecule has 1 aromatic carbocycles. The molecule has 1 fully saturated rings. The van der Waals surface area contributed by atoms with Crippen LogP contribution in [-0.4, -0.2) is 38.6 Å². The molecule has 32 heavy (non-hydrogen) atoms. The number of nitrogen functional groups attached to an aromatic ring is 1. The van der Waals surface area contributed by atoms with Crippen LogP contribution in [0.1, 0.15) is 57.1 Å². The van der Waals surface area contributed by atoms with Crippen molar-refractivity contribution >= 4 is 34.6 Å². The third-order valence-electron chi connectivity index (χ3n) is 6.47. The van der Waals surface area contributed by atoms with Crippen LogP contribution in [0.3, 0.4) is 0 Å². The van der Waals surface area contributed by atoms with Crippen LogP contribution in [0, 0.1) is 11.8 Å². The molecular weight excluding hydrogens is 422 g/mol. The molecule has 4 atom stereocenters. The Morgan fingerprint density at radius 2 is 1.88 bits per heavy atom. The first-order chi connectivity index (χ1) is 15.3. The summed E-state index contributed by atoms with van der Waals surface area (Å²) in [5.41, 5.74) is 6.68. The largest absolute Gasteiger partial charge is 0.368 e. The molecule has 1 saturated carbocycles. The molecule has 0 bridgehead atoms. The van der Waals surface area contributed by atoms with E-state index in [9.17, 15) is 4.79 Å². The first-order valence-electron chi connectivity index (χ1n) is 11.1. The van der Waals surface area contributed by atoms with Crippen LogP contribution >= 0.6 is 11.8 Å². The Hall–Kier alpha value is -2.68. The Kier molecular flexibility index (Phi) is 6.37. The summed E-state index contributed by atoms with van der Waals surface area (Å²) in [4.78, 5) is 33.5. The fourth-order valence-electron chi connectivity index (χ4n) is 4.41. The maximum absolute atomic E-state index is 13.7. The summed E-state index contributed by atoms with van der Waals surface area (Å²) < 4.78 is 1.93. The number of nitrogens with zero attached hydrogens (tertiary/aromatic N) is 6. The third-order valence-corrected chi connectivity index (χ3v) is 7.54. The van der Waals surface area contributed by atoms with E-state index in [1.165, 1.54) is 18.2 Å². The smallest absolute Gasteiger partial charge is 0.262 e. The number of para-hydroxylation sites is 1. The second kappa shape index (κ2) is 9.05. The van der Waals surface area contributed by atoms with Gasteiger partial charge in [-0.2, -0.15) is 15.0 Å². The molecule has 0 amide bonds. The van der Waals surface area contributed by atoms with E-state index in [1.807, 2.05) is 49.9 Å². The molecule has 3 aromatic rings. The molecule has 170 valence electrons. The first-order valence-corrected chi connectivity index (χ1v) is 12.0. The van der Waals surface area contributed by atoms with Gasteiger partial charge in [-0.15, -0.1) is 0 Å². The summed E-state index contributed by atoms with van der Waals surface area (Å²) in [5, 5.41) is 1.21. The molecule has 2 N–H and O–H groups in total. The highest BCUT2D eigenvalue weighted by molar-refractivity contribution is 7.99. The molecular formula is C23H31N7OS. The molecule has 1 aliphatic rings. The molecule has 2 aromatic heterocycles. The van der Waals surface area contributed by atoms with Crippen LogP contribution in [-0.2, 0) is 0 Å². The number of nitrogens with two attached hydrogens (primary N) is 1. The van der Waals surface area contributed by atoms with Crippen molar-refractivity contribution < 1.29 is 0 Å². The number of aromatic nitrogens is 5. The zero-order valence-corrected chi connectivity index (χ0v) is 20.1. The maximum atomic E-state index is 13.7. The van der Waals surface area contributed by atoms with Gasteiger partial charge < -0.3 is 10.6 Å². The van der Waals surface area contributed by atoms with E-state index in [0.717, 1.165) is 12.8 Å². The molecule has 9 heteroatoms. The van der Waals surface area contributed by atoms with E-state index >= 15 is 0 Å². The highest BCUT2D eigenvalue weighted by Gasteiger charge is 2.32. The lowest BCUT2D eigenvalue weighted by atomic mass is 9.78. The van der Waals surface area contributed by atoms with Crippen molar-refractivity contribution in [3.05, 3.63) is 40.4 Å². The SMILES string of the molecule is C[C@H]1[C@H](C)CCC[C@H]1n1c(S[C@@H](C)c2nc(N)nc(N(C)C)n2)nc2ccccc2c1=O. The van der Waals surface area contributed by atoms with Gasteiger partial charge in [-0.1, -0.05) is 50.6 Å². The fourth-order valence-corrected chi connectivity index (χ4v) is 5.42. The van der Waals surface area contributed by atoms with Crippen molar-refractivity contribution in [2.45, 2.75) is 56.5 Å². The van der Waals surface area contributed by atoms with Crippen LogP contribution in [0.5, 0.6) is 0 Å². The summed E-state index contributed by atoms with van der Waals surface area (Å²) in [7, 11) is 3.73. The van der Waals surface area contributed by atoms with E-state index in [1.54, 1.807) is 4.90 Å². The summed E-state index contributed by atoms with van der Waals surface area (Å²) in [6, 6.07) is 7.70. The van der Waals surface area contributed by atoms with Crippen molar-refractivity contribution in [3.8, 4) is 0 Å². The number of thioether (sulfide) groups is 1. The number of fused-ring (bicyclic) bond motifs is 1. The van der Waals surface area contributed by atoms with Gasteiger partial charge in [0.2, 0.25) is 11.9 Å². The maximum Gasteiger partial charge on any atom is 0.262 e. The molecule has 8 nitrogen and oxygen atoms in total. The van der Waals surface area contributed by atoms with Crippen molar-refractivity contribution in [1.82, 2.24) is 24.5 Å². The van der Waals surface area contributed by atoms with Gasteiger partial charge in [-0.05, 0) is 37.3 Å². The second-order valence-electron chi connectivity index (χ2n) is 8.93. The van der Waals surface area contributed by atoms with Crippen LogP contribution in [0.15, 0.2) is 34.2 Å². The van der Waals surface area contributed by atoms with Crippen LogP contribution < -0.4 is 16.2 Å². The highest BCUT2D eigenvalue weighted by atomic mass is 32.2. The van der Waals surface area contributed by atoms with Gasteiger partial charge in [0.25, 0.3) is 5.56 Å². The fraction of sp³-hybridized carbons (Fsp3) is 0.522. The summed E-state index contributed by atoms with van der Waals surface area (Å²) in [6.07, 6.45) is 3.30. The highest BCUT2D eigenvalue weighted by Crippen LogP contribution is 2.41. The average Bonchev–Trinajstić information content (AvgIpc) is 2.76. The van der Waals surface area contributed by atoms with Gasteiger partial charge in [0.1, 0.15) is 5.82 Å². The Labute approximate surface area is 192 Å². The van der Waals surface area contributed by atoms with Crippen molar-refractivity contribution in [3.63, 3.8) is 0 Å². The molecule has 1 aliphatic carbocycles. The number of hydrogen-bond donors (Lipinski definition) is 1. The Morgan fingerprint density at radius 3 is 2.62 bits per heavy atom. The lowest BCUT2D eigenvalue weighted by Crippen LogP contribution is -2.35. The molecule has 2 heterocycles. The van der Waals surface area contributed by atoms with Crippen LogP contribution in [0.4, 0.5) is 11.9 Å². The monoisotopic (exact) mass is 453 g/mol. The minimum absolute atomic E-state index is 0.0281. The Bertz CT molecular complexity index is 1180. The topological polar surface area (TPSA) is 103 Å². The summed E-state index contributed by atoms with van der Waals surface area (Å²) in [6.45, 7) is 6.55. The average molecular weight is 454 g/mol. The van der Waals surface area contributed by atoms with Gasteiger partial charge in [0, 0.05) is 20.1 Å². The molecule has 0 spiro atoms. The minimum atomic E-state index is -0.158. The van der Waals surface area contributed by atoms with E-state index in [0.29, 0.717) is 39.7 Å². The number of hydrogen-bond acceptors (Lipinski definition) is 8. The quantitative estimate of drug-likeness (QED) is 0.455. The molecule has 0 saturated heterocycles. The number of anilines is 2. The van der Waals surface area contributed by atoms with E-state index in [2.05, 4.69) is 28.8 Å². The normalized spacial score (nSPS) is 22.1. The van der Waals surface area contributed by atoms with Gasteiger partial charge in [-0.25, -0.2) is 4.98 Å². The van der Waals surface area contributed by atoms with Crippen LogP contribution in [0.2, 0.25) is 0 Å². The standard InChI is InChI=1S/C23H31N7OS/c1-13-9-8-12-18(14(13)2)30-20(31)16-10-6-7-11-17(16)25-23(30)32-15(3)19-26-21(24)28-22(27-19)29(4)5/h6-7,10-11,13-15,18H,8-9,12H2,1-5H3,(H2,24,26,27,28)/t13-,14+,15+,18-/m1/s1. The third kappa shape index (κ3) is 4.30. The zero-order chi connectivity index (χ0) is 23.0. The van der Waals surface area contributed by atoms with E-state index in [4.69, 9.17) is 10.7 Å². The van der Waals surface area contributed by atoms with Crippen LogP contribution in [0.25, 0.3) is 10.9 Å². The second-order valence-corrected chi connectivity index (χ2v) is 10.2. The van der Waals surface area contributed by atoms with E-state index < -0.39 is 0 Å². The summed E-state index contributed by atoms with van der Waals surface area (Å²) >= 11 is 1.50. The van der Waals surface area contributed by atoms with Crippen molar-refractivity contribution in [2.75, 3.05) is 24.7 Å². The van der Waals surface area contributed by atoms with Gasteiger partial charge >= 0.3 is 0 Å². The zero-order valence-electron chi connectivity index (χ0n) is 19.3. The van der Waals surface area contributed by atoms with Crippen molar-refractivity contribution in [2.24, 2.45) is 11.8 Å². The minimum Gasteiger partial charge on any atom is -0.368 e. The lowest BCUT2D eigenvalue weighted by Gasteiger charge is -2.36. The first kappa shape index (κ1) is 22.5. The van der Waals surface area contributed by atoms with Gasteiger partial charge in [0.05, 0.1) is 16.2 Å². The predicted octanol–water partition coefficient (Wildman–Crippen LogP) is 4.08. The Balaban J connectivity index is 1.80. The molecule has 0 aliphatic heterocycles.